The Hall–Kier alpha value is -5.59. The van der Waals surface area contributed by atoms with Crippen LogP contribution in [0.3, 0.4) is 0 Å². The van der Waals surface area contributed by atoms with Crippen LogP contribution in [0.5, 0.6) is 11.5 Å². The quantitative estimate of drug-likeness (QED) is 0.0854. The molecule has 12 heteroatoms. The van der Waals surface area contributed by atoms with Crippen LogP contribution in [0.4, 0.5) is 4.79 Å². The highest BCUT2D eigenvalue weighted by Gasteiger charge is 2.20. The number of hydrogen-bond donors (Lipinski definition) is 6. The molecule has 0 saturated carbocycles. The third kappa shape index (κ3) is 8.41. The van der Waals surface area contributed by atoms with E-state index in [-0.39, 0.29) is 41.6 Å². The smallest absolute Gasteiger partial charge is 0.405 e. The Balaban J connectivity index is 1.11. The van der Waals surface area contributed by atoms with Gasteiger partial charge in [-0.15, -0.1) is 0 Å². The molecule has 6 N–H and O–H groups in total. The number of phenolic OH excluding ortho intramolecular Hbond substituents is 1. The predicted octanol–water partition coefficient (Wildman–Crippen LogP) is 4.94. The predicted molar refractivity (Wildman–Crippen MR) is 179 cm³/mol. The molecule has 0 saturated heterocycles. The molecule has 0 spiro atoms. The van der Waals surface area contributed by atoms with E-state index < -0.39 is 18.2 Å². The van der Waals surface area contributed by atoms with Crippen molar-refractivity contribution in [1.29, 1.82) is 0 Å². The SMILES string of the molecule is CCN(CCCNCC(O)c1ccc(O)c2[nH]c(=O)ccc12)C(=O)c1ccc(COc2cccc(C(NC(=O)O)c3ccccc3)c2)o1. The van der Waals surface area contributed by atoms with E-state index in [1.165, 1.54) is 12.1 Å². The highest BCUT2D eigenvalue weighted by Crippen LogP contribution is 2.29. The zero-order chi connectivity index (χ0) is 34.0. The number of fused-ring (bicyclic) bond motifs is 1. The maximum atomic E-state index is 13.2. The molecule has 250 valence electrons. The summed E-state index contributed by atoms with van der Waals surface area (Å²) < 4.78 is 11.7. The lowest BCUT2D eigenvalue weighted by Gasteiger charge is -2.20. The number of carbonyl (C=O) groups excluding carboxylic acids is 1. The van der Waals surface area contributed by atoms with Crippen molar-refractivity contribution in [3.8, 4) is 11.5 Å². The number of aromatic amines is 1. The van der Waals surface area contributed by atoms with E-state index in [0.29, 0.717) is 54.1 Å². The normalized spacial score (nSPS) is 12.4. The molecule has 0 fully saturated rings. The first-order chi connectivity index (χ1) is 23.2. The van der Waals surface area contributed by atoms with Crippen LogP contribution in [0.1, 0.15) is 58.5 Å². The van der Waals surface area contributed by atoms with Gasteiger partial charge in [0.05, 0.1) is 17.7 Å². The van der Waals surface area contributed by atoms with Gasteiger partial charge in [-0.3, -0.25) is 9.59 Å². The summed E-state index contributed by atoms with van der Waals surface area (Å²) in [6.07, 6.45) is -1.39. The molecule has 5 aromatic rings. The Bertz CT molecular complexity index is 1910. The number of nitrogens with one attached hydrogen (secondary N) is 3. The van der Waals surface area contributed by atoms with Crippen molar-refractivity contribution in [2.24, 2.45) is 0 Å². The van der Waals surface area contributed by atoms with Crippen molar-refractivity contribution >= 4 is 22.9 Å². The van der Waals surface area contributed by atoms with Crippen LogP contribution >= 0.6 is 0 Å². The van der Waals surface area contributed by atoms with Gasteiger partial charge in [0.2, 0.25) is 5.56 Å². The molecule has 12 nitrogen and oxygen atoms in total. The lowest BCUT2D eigenvalue weighted by atomic mass is 9.99. The molecule has 0 radical (unpaired) electrons. The van der Waals surface area contributed by atoms with Gasteiger partial charge in [-0.1, -0.05) is 48.5 Å². The lowest BCUT2D eigenvalue weighted by Crippen LogP contribution is -2.33. The number of carboxylic acid groups (broad SMARTS) is 1. The zero-order valence-corrected chi connectivity index (χ0v) is 26.4. The molecule has 2 amide bonds. The number of H-pyrrole nitrogens is 1. The van der Waals surface area contributed by atoms with Gasteiger partial charge in [-0.25, -0.2) is 4.79 Å². The number of nitrogens with zero attached hydrogens (tertiary/aromatic N) is 1. The summed E-state index contributed by atoms with van der Waals surface area (Å²) in [5.41, 5.74) is 2.02. The van der Waals surface area contributed by atoms with E-state index in [0.717, 1.165) is 5.56 Å². The second kappa shape index (κ2) is 15.8. The fourth-order valence-electron chi connectivity index (χ4n) is 5.49. The molecule has 2 atom stereocenters. The number of pyridine rings is 1. The Kier molecular flexibility index (Phi) is 11.1. The van der Waals surface area contributed by atoms with Gasteiger partial charge in [0.15, 0.2) is 5.76 Å². The second-order valence-corrected chi connectivity index (χ2v) is 11.2. The molecule has 2 aromatic heterocycles. The fourth-order valence-corrected chi connectivity index (χ4v) is 5.49. The van der Waals surface area contributed by atoms with Crippen LogP contribution < -0.4 is 20.9 Å². The summed E-state index contributed by atoms with van der Waals surface area (Å²) in [5.74, 6) is 0.859. The maximum absolute atomic E-state index is 13.2. The number of phenols is 1. The number of aliphatic hydroxyl groups is 1. The summed E-state index contributed by atoms with van der Waals surface area (Å²) in [6.45, 7) is 3.68. The fraction of sp³-hybridized carbons (Fsp3) is 0.250. The minimum absolute atomic E-state index is 0.0677. The number of furan rings is 1. The average Bonchev–Trinajstić information content (AvgIpc) is 3.57. The topological polar surface area (TPSA) is 177 Å². The Morgan fingerprint density at radius 3 is 2.54 bits per heavy atom. The number of carbonyl (C=O) groups is 2. The molecule has 2 heterocycles. The molecule has 48 heavy (non-hydrogen) atoms. The van der Waals surface area contributed by atoms with Crippen LogP contribution in [0.2, 0.25) is 0 Å². The van der Waals surface area contributed by atoms with Crippen molar-refractivity contribution in [3.63, 3.8) is 0 Å². The third-order valence-corrected chi connectivity index (χ3v) is 7.90. The van der Waals surface area contributed by atoms with Crippen molar-refractivity contribution < 1.29 is 34.1 Å². The van der Waals surface area contributed by atoms with E-state index in [1.54, 1.807) is 47.4 Å². The number of rotatable bonds is 15. The summed E-state index contributed by atoms with van der Waals surface area (Å²) in [6, 6.07) is 25.1. The Labute approximate surface area is 276 Å². The third-order valence-electron chi connectivity index (χ3n) is 7.90. The first kappa shape index (κ1) is 33.8. The number of amides is 2. The van der Waals surface area contributed by atoms with Crippen molar-refractivity contribution in [2.75, 3.05) is 26.2 Å². The number of benzene rings is 3. The molecule has 5 rings (SSSR count). The summed E-state index contributed by atoms with van der Waals surface area (Å²) >= 11 is 0. The van der Waals surface area contributed by atoms with Gasteiger partial charge < -0.3 is 45.0 Å². The molecule has 0 aliphatic heterocycles. The monoisotopic (exact) mass is 654 g/mol. The maximum Gasteiger partial charge on any atom is 0.405 e. The van der Waals surface area contributed by atoms with Crippen LogP contribution in [0.25, 0.3) is 10.9 Å². The Morgan fingerprint density at radius 1 is 0.979 bits per heavy atom. The van der Waals surface area contributed by atoms with Gasteiger partial charge in [-0.05, 0) is 73.0 Å². The van der Waals surface area contributed by atoms with Gasteiger partial charge >= 0.3 is 6.09 Å². The molecule has 2 unspecified atom stereocenters. The second-order valence-electron chi connectivity index (χ2n) is 11.2. The number of hydrogen-bond acceptors (Lipinski definition) is 8. The summed E-state index contributed by atoms with van der Waals surface area (Å²) in [7, 11) is 0. The minimum atomic E-state index is -1.14. The zero-order valence-electron chi connectivity index (χ0n) is 26.4. The first-order valence-corrected chi connectivity index (χ1v) is 15.6. The molecule has 0 aliphatic rings. The molecule has 0 bridgehead atoms. The van der Waals surface area contributed by atoms with Crippen LogP contribution in [-0.2, 0) is 6.61 Å². The van der Waals surface area contributed by atoms with E-state index in [9.17, 15) is 29.7 Å². The largest absolute Gasteiger partial charge is 0.506 e. The molecular weight excluding hydrogens is 616 g/mol. The molecular formula is C36H38N4O8. The molecule has 0 aliphatic carbocycles. The average molecular weight is 655 g/mol. The van der Waals surface area contributed by atoms with E-state index in [2.05, 4.69) is 15.6 Å². The highest BCUT2D eigenvalue weighted by atomic mass is 16.5. The molecule has 3 aromatic carbocycles. The first-order valence-electron chi connectivity index (χ1n) is 15.6. The lowest BCUT2D eigenvalue weighted by molar-refractivity contribution is 0.0725. The van der Waals surface area contributed by atoms with Gasteiger partial charge in [0.1, 0.15) is 23.9 Å². The highest BCUT2D eigenvalue weighted by molar-refractivity contribution is 5.91. The van der Waals surface area contributed by atoms with Gasteiger partial charge in [-0.2, -0.15) is 0 Å². The minimum Gasteiger partial charge on any atom is -0.506 e. The van der Waals surface area contributed by atoms with Crippen LogP contribution in [0.15, 0.2) is 100 Å². The van der Waals surface area contributed by atoms with Crippen molar-refractivity contribution in [1.82, 2.24) is 20.5 Å². The van der Waals surface area contributed by atoms with Gasteiger partial charge in [0, 0.05) is 31.1 Å². The standard InChI is InChI=1S/C36H38N4O8/c1-2-40(19-7-18-37-21-30(42)27-13-15-29(41)34-28(27)14-17-32(43)38-34)35(44)31-16-12-26(48-31)22-47-25-11-6-10-24(20-25)33(39-36(45)46)23-8-4-3-5-9-23/h3-6,8-17,20,30,33,37,39,41-42H,2,7,18-19,21-22H2,1H3,(H,38,43)(H,45,46). The van der Waals surface area contributed by atoms with Crippen molar-refractivity contribution in [3.05, 3.63) is 130 Å². The summed E-state index contributed by atoms with van der Waals surface area (Å²) in [4.78, 5) is 40.6. The number of aromatic nitrogens is 1. The van der Waals surface area contributed by atoms with E-state index in [4.69, 9.17) is 9.15 Å². The van der Waals surface area contributed by atoms with E-state index >= 15 is 0 Å². The Morgan fingerprint density at radius 2 is 1.77 bits per heavy atom. The number of ether oxygens (including phenoxy) is 1. The number of aromatic hydroxyl groups is 1. The van der Waals surface area contributed by atoms with Crippen LogP contribution in [-0.4, -0.2) is 63.4 Å². The van der Waals surface area contributed by atoms with Crippen molar-refractivity contribution in [2.45, 2.75) is 32.1 Å². The summed E-state index contributed by atoms with van der Waals surface area (Å²) in [5, 5.41) is 36.5. The number of aliphatic hydroxyl groups excluding tert-OH is 1. The van der Waals surface area contributed by atoms with Crippen LogP contribution in [0, 0.1) is 0 Å². The van der Waals surface area contributed by atoms with E-state index in [1.807, 2.05) is 43.3 Å². The van der Waals surface area contributed by atoms with Gasteiger partial charge in [0.25, 0.3) is 5.91 Å².